The van der Waals surface area contributed by atoms with E-state index < -0.39 is 23.8 Å². The van der Waals surface area contributed by atoms with E-state index in [0.717, 1.165) is 47.9 Å². The SMILES string of the molecule is CCOc1cc(C(F)(F)F)ccc1C1=NC(c2ccc(Cl)cc2)C(c2ccc(Cl)cc2)N1C(=O)N1CCN(CC(=O)N2CCSCC2)CC1. The van der Waals surface area contributed by atoms with Gasteiger partial charge in [-0.1, -0.05) is 47.5 Å². The van der Waals surface area contributed by atoms with E-state index in [-0.39, 0.29) is 35.7 Å². The van der Waals surface area contributed by atoms with Gasteiger partial charge in [0.1, 0.15) is 17.6 Å². The summed E-state index contributed by atoms with van der Waals surface area (Å²) in [6.45, 7) is 5.28. The molecule has 0 aliphatic carbocycles. The molecule has 0 N–H and O–H groups in total. The molecule has 2 saturated heterocycles. The average Bonchev–Trinajstić information content (AvgIpc) is 3.49. The van der Waals surface area contributed by atoms with Gasteiger partial charge in [0.05, 0.1) is 30.3 Å². The van der Waals surface area contributed by atoms with Crippen molar-refractivity contribution in [3.05, 3.63) is 99.0 Å². The molecular weight excluding hydrogens is 698 g/mol. The van der Waals surface area contributed by atoms with E-state index in [9.17, 15) is 22.8 Å². The number of alkyl halides is 3. The number of halogens is 5. The van der Waals surface area contributed by atoms with Gasteiger partial charge in [-0.05, 0) is 60.5 Å². The van der Waals surface area contributed by atoms with E-state index >= 15 is 0 Å². The number of carbonyl (C=O) groups excluding carboxylic acids is 2. The van der Waals surface area contributed by atoms with E-state index in [4.69, 9.17) is 32.9 Å². The predicted molar refractivity (Wildman–Crippen MR) is 187 cm³/mol. The van der Waals surface area contributed by atoms with Crippen LogP contribution in [0.5, 0.6) is 5.75 Å². The number of thioether (sulfide) groups is 1. The lowest BCUT2D eigenvalue weighted by Gasteiger charge is -2.39. The molecule has 49 heavy (non-hydrogen) atoms. The van der Waals surface area contributed by atoms with Gasteiger partial charge >= 0.3 is 12.2 Å². The molecule has 2 fully saturated rings. The maximum Gasteiger partial charge on any atom is 0.416 e. The Bertz CT molecular complexity index is 1680. The van der Waals surface area contributed by atoms with Crippen molar-refractivity contribution in [3.63, 3.8) is 0 Å². The third-order valence-corrected chi connectivity index (χ3v) is 10.4. The first-order chi connectivity index (χ1) is 23.5. The number of ether oxygens (including phenoxy) is 1. The molecule has 0 aromatic heterocycles. The second-order valence-corrected chi connectivity index (χ2v) is 14.1. The Balaban J connectivity index is 1.37. The summed E-state index contributed by atoms with van der Waals surface area (Å²) in [5, 5.41) is 1.04. The van der Waals surface area contributed by atoms with Crippen molar-refractivity contribution in [2.75, 3.05) is 63.9 Å². The Morgan fingerprint density at radius 3 is 2.06 bits per heavy atom. The third kappa shape index (κ3) is 7.98. The zero-order valence-corrected chi connectivity index (χ0v) is 29.2. The number of carbonyl (C=O) groups is 2. The highest BCUT2D eigenvalue weighted by Crippen LogP contribution is 2.46. The molecule has 3 aromatic carbocycles. The number of hydrogen-bond donors (Lipinski definition) is 0. The standard InChI is InChI=1S/C35H36Cl2F3N5O3S/c1-2-48-29-21-25(35(38,39)40)7-12-28(29)33-41-31(23-3-8-26(36)9-4-23)32(24-5-10-27(37)11-6-24)45(33)34(47)44-15-13-42(14-16-44)22-30(46)43-17-19-49-20-18-43/h3-12,21,31-32H,2,13-20,22H2,1H3. The third-order valence-electron chi connectivity index (χ3n) is 8.91. The van der Waals surface area contributed by atoms with Gasteiger partial charge < -0.3 is 14.5 Å². The fourth-order valence-corrected chi connectivity index (χ4v) is 7.52. The number of benzene rings is 3. The molecule has 2 atom stereocenters. The summed E-state index contributed by atoms with van der Waals surface area (Å²) in [4.78, 5) is 40.0. The number of rotatable bonds is 7. The van der Waals surface area contributed by atoms with E-state index in [1.54, 1.807) is 41.0 Å². The van der Waals surface area contributed by atoms with Crippen LogP contribution in [0.15, 0.2) is 71.7 Å². The second kappa shape index (κ2) is 15.2. The first kappa shape index (κ1) is 35.4. The number of amidine groups is 1. The van der Waals surface area contributed by atoms with E-state index in [1.165, 1.54) is 6.07 Å². The van der Waals surface area contributed by atoms with Crippen molar-refractivity contribution in [2.45, 2.75) is 25.2 Å². The maximum absolute atomic E-state index is 14.7. The Kier molecular flexibility index (Phi) is 11.0. The van der Waals surface area contributed by atoms with Crippen molar-refractivity contribution in [2.24, 2.45) is 4.99 Å². The maximum atomic E-state index is 14.7. The Labute approximate surface area is 297 Å². The topological polar surface area (TPSA) is 68.7 Å². The lowest BCUT2D eigenvalue weighted by molar-refractivity contribution is -0.137. The van der Waals surface area contributed by atoms with Gasteiger partial charge in [-0.25, -0.2) is 4.79 Å². The molecule has 260 valence electrons. The molecule has 14 heteroatoms. The average molecular weight is 735 g/mol. The molecule has 8 nitrogen and oxygen atoms in total. The van der Waals surface area contributed by atoms with Crippen LogP contribution >= 0.6 is 35.0 Å². The lowest BCUT2D eigenvalue weighted by Crippen LogP contribution is -2.55. The fourth-order valence-electron chi connectivity index (χ4n) is 6.37. The summed E-state index contributed by atoms with van der Waals surface area (Å²) < 4.78 is 47.2. The molecule has 0 bridgehead atoms. The smallest absolute Gasteiger partial charge is 0.416 e. The van der Waals surface area contributed by atoms with Crippen LogP contribution in [0.2, 0.25) is 10.0 Å². The van der Waals surface area contributed by atoms with Gasteiger partial charge in [-0.3, -0.25) is 19.6 Å². The van der Waals surface area contributed by atoms with Crippen molar-refractivity contribution in [3.8, 4) is 5.75 Å². The quantitative estimate of drug-likeness (QED) is 0.256. The molecule has 3 aromatic rings. The molecular formula is C35H36Cl2F3N5O3S. The Morgan fingerprint density at radius 1 is 0.857 bits per heavy atom. The molecule has 3 aliphatic rings. The van der Waals surface area contributed by atoms with Crippen LogP contribution in [0.1, 0.15) is 41.3 Å². The van der Waals surface area contributed by atoms with Crippen molar-refractivity contribution in [1.82, 2.24) is 19.6 Å². The minimum absolute atomic E-state index is 0.0278. The zero-order chi connectivity index (χ0) is 34.7. The molecule has 3 aliphatic heterocycles. The minimum atomic E-state index is -4.59. The van der Waals surface area contributed by atoms with Crippen LogP contribution in [0.25, 0.3) is 0 Å². The normalized spacial score (nSPS) is 20.4. The number of piperazine rings is 1. The Hall–Kier alpha value is -3.45. The fraction of sp³-hybridized carbons (Fsp3) is 0.400. The number of hydrogen-bond acceptors (Lipinski definition) is 6. The molecule has 2 unspecified atom stereocenters. The Morgan fingerprint density at radius 2 is 1.47 bits per heavy atom. The first-order valence-corrected chi connectivity index (χ1v) is 18.0. The van der Waals surface area contributed by atoms with Gasteiger partial charge in [0.15, 0.2) is 0 Å². The lowest BCUT2D eigenvalue weighted by atomic mass is 9.93. The first-order valence-electron chi connectivity index (χ1n) is 16.1. The molecule has 0 saturated carbocycles. The summed E-state index contributed by atoms with van der Waals surface area (Å²) in [7, 11) is 0. The summed E-state index contributed by atoms with van der Waals surface area (Å²) in [6, 6.07) is 15.9. The highest BCUT2D eigenvalue weighted by molar-refractivity contribution is 7.99. The van der Waals surface area contributed by atoms with Gasteiger partial charge in [-0.15, -0.1) is 0 Å². The van der Waals surface area contributed by atoms with Gasteiger partial charge in [0.2, 0.25) is 5.91 Å². The van der Waals surface area contributed by atoms with Crippen LogP contribution < -0.4 is 4.74 Å². The van der Waals surface area contributed by atoms with Gasteiger partial charge in [0, 0.05) is 60.8 Å². The van der Waals surface area contributed by atoms with E-state index in [0.29, 0.717) is 42.8 Å². The van der Waals surface area contributed by atoms with E-state index in [1.807, 2.05) is 40.9 Å². The minimum Gasteiger partial charge on any atom is -0.493 e. The molecule has 0 spiro atoms. The van der Waals surface area contributed by atoms with E-state index in [2.05, 4.69) is 4.90 Å². The largest absolute Gasteiger partial charge is 0.493 e. The highest BCUT2D eigenvalue weighted by Gasteiger charge is 2.45. The number of amides is 3. The molecule has 3 amide bonds. The monoisotopic (exact) mass is 733 g/mol. The summed E-state index contributed by atoms with van der Waals surface area (Å²) in [6.07, 6.45) is -4.59. The molecule has 0 radical (unpaired) electrons. The van der Waals surface area contributed by atoms with Crippen molar-refractivity contribution in [1.29, 1.82) is 0 Å². The van der Waals surface area contributed by atoms with Crippen LogP contribution in [-0.2, 0) is 11.0 Å². The number of nitrogens with zero attached hydrogens (tertiary/aromatic N) is 5. The highest BCUT2D eigenvalue weighted by atomic mass is 35.5. The zero-order valence-electron chi connectivity index (χ0n) is 26.8. The summed E-state index contributed by atoms with van der Waals surface area (Å²) in [5.41, 5.74) is 0.905. The van der Waals surface area contributed by atoms with Crippen molar-refractivity contribution >= 4 is 52.7 Å². The van der Waals surface area contributed by atoms with Crippen LogP contribution in [0, 0.1) is 0 Å². The second-order valence-electron chi connectivity index (χ2n) is 12.0. The van der Waals surface area contributed by atoms with Gasteiger partial charge in [-0.2, -0.15) is 24.9 Å². The molecule has 3 heterocycles. The van der Waals surface area contributed by atoms with Crippen LogP contribution in [0.4, 0.5) is 18.0 Å². The van der Waals surface area contributed by atoms with Crippen LogP contribution in [-0.4, -0.2) is 101 Å². The van der Waals surface area contributed by atoms with Crippen LogP contribution in [0.3, 0.4) is 0 Å². The number of aliphatic imine (C=N–C) groups is 1. The van der Waals surface area contributed by atoms with Crippen molar-refractivity contribution < 1.29 is 27.5 Å². The molecule has 6 rings (SSSR count). The predicted octanol–water partition coefficient (Wildman–Crippen LogP) is 7.27. The number of urea groups is 1. The van der Waals surface area contributed by atoms with Gasteiger partial charge in [0.25, 0.3) is 0 Å². The summed E-state index contributed by atoms with van der Waals surface area (Å²) >= 11 is 14.3. The summed E-state index contributed by atoms with van der Waals surface area (Å²) in [5.74, 6) is 2.13.